The van der Waals surface area contributed by atoms with Crippen LogP contribution in [0.25, 0.3) is 0 Å². The van der Waals surface area contributed by atoms with Gasteiger partial charge in [0.15, 0.2) is 5.66 Å². The van der Waals surface area contributed by atoms with Gasteiger partial charge >= 0.3 is 0 Å². The summed E-state index contributed by atoms with van der Waals surface area (Å²) in [7, 11) is 0. The molecule has 1 rings (SSSR count). The lowest BCUT2D eigenvalue weighted by Gasteiger charge is -2.47. The van der Waals surface area contributed by atoms with Crippen molar-refractivity contribution < 1.29 is 9.39 Å². The van der Waals surface area contributed by atoms with Crippen molar-refractivity contribution in [1.29, 1.82) is 0 Å². The molecule has 1 unspecified atom stereocenters. The molecule has 0 heterocycles. The van der Waals surface area contributed by atoms with Gasteiger partial charge in [-0.05, 0) is 31.4 Å². The molecule has 0 aliphatic rings. The lowest BCUT2D eigenvalue weighted by Crippen LogP contribution is -2.74. The minimum atomic E-state index is -0.529. The SMILES string of the molecule is CCCCCCCCCCCCC[N+](CCC)(NC(=O)c1ccccc1)C(C)(C)N. The summed E-state index contributed by atoms with van der Waals surface area (Å²) in [5.41, 5.74) is 10.1. The molecule has 0 saturated carbocycles. The summed E-state index contributed by atoms with van der Waals surface area (Å²) >= 11 is 0. The van der Waals surface area contributed by atoms with Crippen LogP contribution >= 0.6 is 0 Å². The van der Waals surface area contributed by atoms with Gasteiger partial charge in [0.2, 0.25) is 0 Å². The third-order valence-electron chi connectivity index (χ3n) is 6.20. The number of carbonyl (C=O) groups excluding carboxylic acids is 1. The Bertz CT molecular complexity index is 567. The van der Waals surface area contributed by atoms with Crippen molar-refractivity contribution >= 4 is 5.91 Å². The number of nitrogens with two attached hydrogens (primary N) is 1. The Balaban J connectivity index is 2.48. The fraction of sp³-hybridized carbons (Fsp3) is 0.731. The van der Waals surface area contributed by atoms with Gasteiger partial charge in [-0.1, -0.05) is 89.8 Å². The average molecular weight is 419 g/mol. The zero-order chi connectivity index (χ0) is 22.3. The van der Waals surface area contributed by atoms with Crippen LogP contribution in [-0.2, 0) is 0 Å². The maximum absolute atomic E-state index is 12.9. The predicted octanol–water partition coefficient (Wildman–Crippen LogP) is 6.56. The van der Waals surface area contributed by atoms with E-state index in [2.05, 4.69) is 19.3 Å². The predicted molar refractivity (Wildman–Crippen MR) is 129 cm³/mol. The van der Waals surface area contributed by atoms with Gasteiger partial charge in [-0.15, -0.1) is 0 Å². The third kappa shape index (κ3) is 9.61. The van der Waals surface area contributed by atoms with Crippen molar-refractivity contribution in [3.05, 3.63) is 35.9 Å². The molecule has 1 amide bonds. The molecule has 0 fully saturated rings. The number of benzene rings is 1. The first kappa shape index (κ1) is 26.6. The molecule has 1 aromatic carbocycles. The van der Waals surface area contributed by atoms with Crippen molar-refractivity contribution in [2.24, 2.45) is 5.73 Å². The van der Waals surface area contributed by atoms with Gasteiger partial charge in [0.1, 0.15) is 13.1 Å². The first-order valence-electron chi connectivity index (χ1n) is 12.4. The average Bonchev–Trinajstić information content (AvgIpc) is 2.71. The number of carbonyl (C=O) groups is 1. The number of quaternary nitrogens is 1. The van der Waals surface area contributed by atoms with E-state index >= 15 is 0 Å². The molecular formula is C26H48N3O+. The van der Waals surface area contributed by atoms with Gasteiger partial charge in [0.05, 0.1) is 0 Å². The Labute approximate surface area is 186 Å². The molecular weight excluding hydrogens is 370 g/mol. The summed E-state index contributed by atoms with van der Waals surface area (Å²) in [6.07, 6.45) is 15.5. The van der Waals surface area contributed by atoms with E-state index in [0.29, 0.717) is 10.2 Å². The molecule has 0 aliphatic heterocycles. The van der Waals surface area contributed by atoms with E-state index in [-0.39, 0.29) is 5.91 Å². The van der Waals surface area contributed by atoms with Crippen LogP contribution in [0.3, 0.4) is 0 Å². The maximum Gasteiger partial charge on any atom is 0.296 e. The van der Waals surface area contributed by atoms with E-state index < -0.39 is 5.66 Å². The number of hydrogen-bond acceptors (Lipinski definition) is 2. The Morgan fingerprint density at radius 2 is 1.30 bits per heavy atom. The fourth-order valence-corrected chi connectivity index (χ4v) is 4.22. The number of unbranched alkanes of at least 4 members (excludes halogenated alkanes) is 10. The minimum Gasteiger partial charge on any atom is -0.278 e. The molecule has 1 atom stereocenters. The standard InChI is InChI=1S/C26H47N3O/c1-5-7-8-9-10-11-12-13-14-15-19-23-29(22-6-2,26(3,4)27)28-25(30)24-20-17-16-18-21-24/h16-18,20-21H,5-15,19,22-23,27H2,1-4H3/p+1. The lowest BCUT2D eigenvalue weighted by molar-refractivity contribution is -1.00. The number of rotatable bonds is 17. The van der Waals surface area contributed by atoms with Gasteiger partial charge in [0, 0.05) is 19.4 Å². The summed E-state index contributed by atoms with van der Waals surface area (Å²) in [5.74, 6) is -0.0364. The van der Waals surface area contributed by atoms with Crippen molar-refractivity contribution in [2.75, 3.05) is 13.1 Å². The second-order valence-electron chi connectivity index (χ2n) is 9.41. The second-order valence-corrected chi connectivity index (χ2v) is 9.41. The molecule has 0 saturated heterocycles. The van der Waals surface area contributed by atoms with Crippen molar-refractivity contribution in [2.45, 2.75) is 110 Å². The molecule has 4 heteroatoms. The van der Waals surface area contributed by atoms with Crippen molar-refractivity contribution in [3.63, 3.8) is 0 Å². The highest BCUT2D eigenvalue weighted by atomic mass is 16.2. The van der Waals surface area contributed by atoms with Gasteiger partial charge in [0.25, 0.3) is 5.91 Å². The van der Waals surface area contributed by atoms with Gasteiger partial charge < -0.3 is 0 Å². The number of nitrogens with zero attached hydrogens (tertiary/aromatic N) is 1. The van der Waals surface area contributed by atoms with Gasteiger partial charge in [-0.25, -0.2) is 4.59 Å². The molecule has 0 aromatic heterocycles. The van der Waals surface area contributed by atoms with E-state index in [9.17, 15) is 4.79 Å². The second kappa shape index (κ2) is 14.6. The monoisotopic (exact) mass is 418 g/mol. The molecule has 0 aliphatic carbocycles. The molecule has 0 spiro atoms. The zero-order valence-corrected chi connectivity index (χ0v) is 20.2. The summed E-state index contributed by atoms with van der Waals surface area (Å²) < 4.78 is 0.439. The van der Waals surface area contributed by atoms with E-state index in [1.165, 1.54) is 64.2 Å². The van der Waals surface area contributed by atoms with Crippen LogP contribution in [-0.4, -0.2) is 29.3 Å². The number of amides is 1. The minimum absolute atomic E-state index is 0.0364. The highest BCUT2D eigenvalue weighted by Gasteiger charge is 2.42. The van der Waals surface area contributed by atoms with Crippen LogP contribution in [0.4, 0.5) is 0 Å². The molecule has 1 aromatic rings. The number of nitrogens with one attached hydrogen (secondary N) is 1. The molecule has 30 heavy (non-hydrogen) atoms. The largest absolute Gasteiger partial charge is 0.296 e. The van der Waals surface area contributed by atoms with Crippen molar-refractivity contribution in [1.82, 2.24) is 5.43 Å². The quantitative estimate of drug-likeness (QED) is 0.130. The Kier molecular flexibility index (Phi) is 13.0. The van der Waals surface area contributed by atoms with E-state index in [1.54, 1.807) is 0 Å². The van der Waals surface area contributed by atoms with Crippen LogP contribution in [0.15, 0.2) is 30.3 Å². The van der Waals surface area contributed by atoms with Gasteiger partial charge in [-0.2, -0.15) is 5.43 Å². The Morgan fingerprint density at radius 3 is 1.77 bits per heavy atom. The fourth-order valence-electron chi connectivity index (χ4n) is 4.22. The lowest BCUT2D eigenvalue weighted by atomic mass is 10.0. The summed E-state index contributed by atoms with van der Waals surface area (Å²) in [5, 5.41) is 0. The van der Waals surface area contributed by atoms with Gasteiger partial charge in [-0.3, -0.25) is 10.5 Å². The molecule has 0 bridgehead atoms. The van der Waals surface area contributed by atoms with E-state index in [4.69, 9.17) is 5.73 Å². The van der Waals surface area contributed by atoms with Crippen LogP contribution < -0.4 is 11.2 Å². The van der Waals surface area contributed by atoms with Crippen LogP contribution in [0.5, 0.6) is 0 Å². The summed E-state index contributed by atoms with van der Waals surface area (Å²) in [6, 6.07) is 9.47. The normalized spacial score (nSPS) is 13.8. The summed E-state index contributed by atoms with van der Waals surface area (Å²) in [4.78, 5) is 12.9. The first-order chi connectivity index (χ1) is 14.4. The van der Waals surface area contributed by atoms with Crippen LogP contribution in [0.2, 0.25) is 0 Å². The summed E-state index contributed by atoms with van der Waals surface area (Å²) in [6.45, 7) is 10.2. The van der Waals surface area contributed by atoms with E-state index in [0.717, 1.165) is 25.9 Å². The molecule has 3 N–H and O–H groups in total. The highest BCUT2D eigenvalue weighted by Crippen LogP contribution is 2.21. The van der Waals surface area contributed by atoms with Crippen LogP contribution in [0, 0.1) is 0 Å². The molecule has 172 valence electrons. The number of hydrogen-bond donors (Lipinski definition) is 2. The smallest absolute Gasteiger partial charge is 0.278 e. The van der Waals surface area contributed by atoms with Crippen LogP contribution in [0.1, 0.15) is 115 Å². The van der Waals surface area contributed by atoms with E-state index in [1.807, 2.05) is 44.2 Å². The molecule has 4 nitrogen and oxygen atoms in total. The Morgan fingerprint density at radius 1 is 0.800 bits per heavy atom. The molecule has 0 radical (unpaired) electrons. The zero-order valence-electron chi connectivity index (χ0n) is 20.2. The third-order valence-corrected chi connectivity index (χ3v) is 6.20. The Hall–Kier alpha value is -1.39. The first-order valence-corrected chi connectivity index (χ1v) is 12.4. The topological polar surface area (TPSA) is 55.1 Å². The van der Waals surface area contributed by atoms with Crippen molar-refractivity contribution in [3.8, 4) is 0 Å². The highest BCUT2D eigenvalue weighted by molar-refractivity contribution is 5.93. The maximum atomic E-state index is 12.9.